The summed E-state index contributed by atoms with van der Waals surface area (Å²) in [6, 6.07) is 8.88. The third-order valence-corrected chi connectivity index (χ3v) is 5.97. The van der Waals surface area contributed by atoms with Gasteiger partial charge in [0.25, 0.3) is 11.6 Å². The molecule has 1 aliphatic rings. The molecule has 1 fully saturated rings. The minimum Gasteiger partial charge on any atom is -0.455 e. The zero-order valence-electron chi connectivity index (χ0n) is 16.3. The Labute approximate surface area is 178 Å². The normalized spacial score (nSPS) is 16.7. The number of anilines is 1. The van der Waals surface area contributed by atoms with Crippen LogP contribution in [0, 0.1) is 0 Å². The van der Waals surface area contributed by atoms with Crippen molar-refractivity contribution in [3.63, 3.8) is 0 Å². The summed E-state index contributed by atoms with van der Waals surface area (Å²) in [5.41, 5.74) is 0.417. The average molecular weight is 452 g/mol. The molecule has 1 N–H and O–H groups in total. The van der Waals surface area contributed by atoms with Crippen molar-refractivity contribution in [3.05, 3.63) is 46.2 Å². The van der Waals surface area contributed by atoms with E-state index in [9.17, 15) is 22.8 Å². The second-order valence-corrected chi connectivity index (χ2v) is 8.18. The summed E-state index contributed by atoms with van der Waals surface area (Å²) < 4.78 is 41.6. The van der Waals surface area contributed by atoms with Gasteiger partial charge < -0.3 is 9.64 Å². The molecule has 31 heavy (non-hydrogen) atoms. The van der Waals surface area contributed by atoms with E-state index < -0.39 is 24.4 Å². The second-order valence-electron chi connectivity index (χ2n) is 7.23. The zero-order valence-corrected chi connectivity index (χ0v) is 17.1. The van der Waals surface area contributed by atoms with Gasteiger partial charge in [0.15, 0.2) is 27.9 Å². The van der Waals surface area contributed by atoms with Crippen molar-refractivity contribution in [2.24, 2.45) is 0 Å². The highest BCUT2D eigenvalue weighted by atomic mass is 32.1. The Kier molecular flexibility index (Phi) is 5.94. The number of alkyl halides is 3. The van der Waals surface area contributed by atoms with Crippen LogP contribution in [-0.2, 0) is 11.2 Å². The molecule has 0 radical (unpaired) electrons. The number of ketones is 1. The van der Waals surface area contributed by atoms with Crippen molar-refractivity contribution in [3.8, 4) is 6.01 Å². The molecule has 164 valence electrons. The Morgan fingerprint density at radius 2 is 2.03 bits per heavy atom. The highest BCUT2D eigenvalue weighted by Crippen LogP contribution is 2.32. The highest BCUT2D eigenvalue weighted by Gasteiger charge is 2.33. The highest BCUT2D eigenvalue weighted by molar-refractivity contribution is 7.21. The number of aromatic amines is 1. The van der Waals surface area contributed by atoms with Gasteiger partial charge in [0.2, 0.25) is 0 Å². The summed E-state index contributed by atoms with van der Waals surface area (Å²) in [6.07, 6.45) is -2.01. The average Bonchev–Trinajstić information content (AvgIpc) is 3.38. The van der Waals surface area contributed by atoms with E-state index in [4.69, 9.17) is 0 Å². The number of carbonyl (C=O) groups is 1. The van der Waals surface area contributed by atoms with Gasteiger partial charge in [-0.2, -0.15) is 18.2 Å². The SMILES string of the molecule is O=C(CCc1ccccc1)[C@H]1CCCN1c1nc2c(=O)[nH]c(OCC(F)(F)F)nc2s1. The summed E-state index contributed by atoms with van der Waals surface area (Å²) in [5.74, 6) is 0.0941. The predicted molar refractivity (Wildman–Crippen MR) is 110 cm³/mol. The number of halogens is 3. The number of aromatic nitrogens is 3. The van der Waals surface area contributed by atoms with E-state index in [1.54, 1.807) is 0 Å². The zero-order chi connectivity index (χ0) is 22.0. The van der Waals surface area contributed by atoms with Crippen molar-refractivity contribution in [2.45, 2.75) is 37.9 Å². The third-order valence-electron chi connectivity index (χ3n) is 4.98. The Balaban J connectivity index is 1.51. The van der Waals surface area contributed by atoms with E-state index in [2.05, 4.69) is 19.7 Å². The van der Waals surface area contributed by atoms with Gasteiger partial charge in [-0.1, -0.05) is 41.7 Å². The number of fused-ring (bicyclic) bond motifs is 1. The van der Waals surface area contributed by atoms with E-state index in [1.807, 2.05) is 35.2 Å². The van der Waals surface area contributed by atoms with E-state index >= 15 is 0 Å². The molecule has 0 bridgehead atoms. The molecule has 1 aliphatic heterocycles. The Morgan fingerprint density at radius 3 is 2.77 bits per heavy atom. The number of thiazole rings is 1. The van der Waals surface area contributed by atoms with Gasteiger partial charge in [-0.05, 0) is 24.8 Å². The summed E-state index contributed by atoms with van der Waals surface area (Å²) >= 11 is 1.06. The lowest BCUT2D eigenvalue weighted by Crippen LogP contribution is -2.36. The molecule has 1 saturated heterocycles. The van der Waals surface area contributed by atoms with Gasteiger partial charge in [-0.15, -0.1) is 0 Å². The number of carbonyl (C=O) groups excluding carboxylic acids is 1. The molecule has 0 saturated carbocycles. The number of rotatable bonds is 7. The minimum absolute atomic E-state index is 0.0155. The first-order chi connectivity index (χ1) is 14.8. The first-order valence-electron chi connectivity index (χ1n) is 9.74. The van der Waals surface area contributed by atoms with Gasteiger partial charge in [-0.25, -0.2) is 4.98 Å². The minimum atomic E-state index is -4.55. The maximum atomic E-state index is 12.8. The van der Waals surface area contributed by atoms with Crippen molar-refractivity contribution >= 4 is 32.6 Å². The lowest BCUT2D eigenvalue weighted by atomic mass is 10.0. The van der Waals surface area contributed by atoms with Crippen LogP contribution >= 0.6 is 11.3 Å². The summed E-state index contributed by atoms with van der Waals surface area (Å²) in [6.45, 7) is -0.950. The van der Waals surface area contributed by atoms with Gasteiger partial charge >= 0.3 is 6.18 Å². The molecule has 3 aromatic rings. The largest absolute Gasteiger partial charge is 0.455 e. The fraction of sp³-hybridized carbons (Fsp3) is 0.400. The fourth-order valence-electron chi connectivity index (χ4n) is 3.55. The van der Waals surface area contributed by atoms with Crippen LogP contribution in [0.1, 0.15) is 24.8 Å². The number of Topliss-reactive ketones (excluding diaryl/α,β-unsaturated/α-hetero) is 1. The lowest BCUT2D eigenvalue weighted by Gasteiger charge is -2.22. The molecule has 2 aromatic heterocycles. The van der Waals surface area contributed by atoms with Crippen LogP contribution in [0.15, 0.2) is 35.1 Å². The molecule has 0 amide bonds. The number of benzene rings is 1. The molecule has 11 heteroatoms. The van der Waals surface area contributed by atoms with Crippen molar-refractivity contribution in [1.82, 2.24) is 15.0 Å². The summed E-state index contributed by atoms with van der Waals surface area (Å²) in [5, 5.41) is 0.455. The standard InChI is InChI=1S/C20H19F3N4O3S/c21-20(22,23)11-30-18-25-16(29)15-17(26-18)31-19(24-15)27-10-4-7-13(27)14(28)9-8-12-5-2-1-3-6-12/h1-3,5-6,13H,4,7-11H2,(H,25,26,29)/t13-/m1/s1. The monoisotopic (exact) mass is 452 g/mol. The van der Waals surface area contributed by atoms with Crippen molar-refractivity contribution in [1.29, 1.82) is 0 Å². The van der Waals surface area contributed by atoms with Crippen LogP contribution in [0.25, 0.3) is 10.3 Å². The molecule has 3 heterocycles. The number of H-pyrrole nitrogens is 1. The quantitative estimate of drug-likeness (QED) is 0.591. The molecule has 0 unspecified atom stereocenters. The first kappa shape index (κ1) is 21.3. The summed E-state index contributed by atoms with van der Waals surface area (Å²) in [4.78, 5) is 37.5. The van der Waals surface area contributed by atoms with Crippen molar-refractivity contribution < 1.29 is 22.7 Å². The number of hydrogen-bond acceptors (Lipinski definition) is 7. The molecular weight excluding hydrogens is 433 g/mol. The predicted octanol–water partition coefficient (Wildman–Crippen LogP) is 3.49. The van der Waals surface area contributed by atoms with Crippen LogP contribution in [0.4, 0.5) is 18.3 Å². The molecule has 1 atom stereocenters. The van der Waals surface area contributed by atoms with Crippen molar-refractivity contribution in [2.75, 3.05) is 18.1 Å². The van der Waals surface area contributed by atoms with Gasteiger partial charge in [0, 0.05) is 13.0 Å². The fourth-order valence-corrected chi connectivity index (χ4v) is 4.56. The van der Waals surface area contributed by atoms with E-state index in [0.717, 1.165) is 23.3 Å². The number of nitrogens with one attached hydrogen (secondary N) is 1. The number of aryl methyl sites for hydroxylation is 1. The number of nitrogens with zero attached hydrogens (tertiary/aromatic N) is 3. The van der Waals surface area contributed by atoms with E-state index in [1.165, 1.54) is 0 Å². The number of ether oxygens (including phenoxy) is 1. The van der Waals surface area contributed by atoms with Crippen LogP contribution in [0.5, 0.6) is 6.01 Å². The Bertz CT molecular complexity index is 1130. The van der Waals surface area contributed by atoms with Gasteiger partial charge in [0.1, 0.15) is 0 Å². The van der Waals surface area contributed by atoms with Gasteiger partial charge in [0.05, 0.1) is 6.04 Å². The smallest absolute Gasteiger partial charge is 0.422 e. The molecule has 1 aromatic carbocycles. The number of hydrogen-bond donors (Lipinski definition) is 1. The Hall–Kier alpha value is -2.95. The van der Waals surface area contributed by atoms with Crippen LogP contribution in [-0.4, -0.2) is 46.1 Å². The maximum Gasteiger partial charge on any atom is 0.422 e. The second kappa shape index (κ2) is 8.66. The van der Waals surface area contributed by atoms with Crippen LogP contribution in [0.2, 0.25) is 0 Å². The molecule has 0 spiro atoms. The van der Waals surface area contributed by atoms with E-state index in [-0.39, 0.29) is 22.2 Å². The lowest BCUT2D eigenvalue weighted by molar-refractivity contribution is -0.154. The molecular formula is C20H19F3N4O3S. The molecule has 0 aliphatic carbocycles. The van der Waals surface area contributed by atoms with E-state index in [0.29, 0.717) is 30.9 Å². The van der Waals surface area contributed by atoms with Crippen LogP contribution < -0.4 is 15.2 Å². The van der Waals surface area contributed by atoms with Gasteiger partial charge in [-0.3, -0.25) is 14.6 Å². The van der Waals surface area contributed by atoms with Crippen LogP contribution in [0.3, 0.4) is 0 Å². The third kappa shape index (κ3) is 5.04. The first-order valence-corrected chi connectivity index (χ1v) is 10.6. The maximum absolute atomic E-state index is 12.8. The summed E-state index contributed by atoms with van der Waals surface area (Å²) in [7, 11) is 0. The molecule has 4 rings (SSSR count). The molecule has 7 nitrogen and oxygen atoms in total. The topological polar surface area (TPSA) is 88.2 Å². The Morgan fingerprint density at radius 1 is 1.26 bits per heavy atom.